The quantitative estimate of drug-likeness (QED) is 0.101. The van der Waals surface area contributed by atoms with Gasteiger partial charge in [0, 0.05) is 19.0 Å². The van der Waals surface area contributed by atoms with E-state index >= 15 is 0 Å². The van der Waals surface area contributed by atoms with Crippen molar-refractivity contribution in [2.75, 3.05) is 18.9 Å². The number of imidazole rings is 1. The first-order valence-corrected chi connectivity index (χ1v) is 16.2. The van der Waals surface area contributed by atoms with Crippen LogP contribution in [0.4, 0.5) is 5.82 Å². The normalized spacial score (nSPS) is 31.1. The molecule has 0 radical (unpaired) electrons. The molecule has 0 bridgehead atoms. The molecule has 4 aromatic heterocycles. The fraction of sp³-hybridized carbons (Fsp3) is 0.478. The fourth-order valence-corrected chi connectivity index (χ4v) is 7.84. The van der Waals surface area contributed by atoms with Crippen molar-refractivity contribution >= 4 is 43.7 Å². The third-order valence-electron chi connectivity index (χ3n) is 7.69. The molecule has 6 rings (SSSR count). The number of ether oxygens (including phenoxy) is 2. The molecule has 44 heavy (non-hydrogen) atoms. The van der Waals surface area contributed by atoms with Crippen molar-refractivity contribution in [1.29, 1.82) is 0 Å². The molecular weight excluding hydrogens is 628 g/mol. The molecule has 0 spiro atoms. The number of H-pyrrole nitrogens is 1. The molecule has 2 unspecified atom stereocenters. The smallest absolute Gasteiger partial charge is 0.338 e. The molecule has 0 aliphatic carbocycles. The average molecular weight is 657 g/mol. The summed E-state index contributed by atoms with van der Waals surface area (Å²) >= 11 is 0. The van der Waals surface area contributed by atoms with Crippen molar-refractivity contribution in [1.82, 2.24) is 29.1 Å². The summed E-state index contributed by atoms with van der Waals surface area (Å²) in [5.41, 5.74) is 4.29. The van der Waals surface area contributed by atoms with Crippen LogP contribution in [0.1, 0.15) is 18.9 Å². The van der Waals surface area contributed by atoms with E-state index < -0.39 is 83.3 Å². The van der Waals surface area contributed by atoms with Gasteiger partial charge in [0.2, 0.25) is 0 Å². The van der Waals surface area contributed by atoms with Crippen LogP contribution < -0.4 is 11.3 Å². The molecule has 19 nitrogen and oxygen atoms in total. The van der Waals surface area contributed by atoms with Crippen LogP contribution in [0.25, 0.3) is 22.1 Å². The summed E-state index contributed by atoms with van der Waals surface area (Å²) in [6.45, 7) is -1.14. The zero-order valence-electron chi connectivity index (χ0n) is 22.6. The van der Waals surface area contributed by atoms with Crippen molar-refractivity contribution in [2.24, 2.45) is 0 Å². The third kappa shape index (κ3) is 5.39. The maximum Gasteiger partial charge on any atom is 0.338 e. The van der Waals surface area contributed by atoms with E-state index in [1.54, 1.807) is 6.07 Å². The molecule has 0 saturated carbocycles. The summed E-state index contributed by atoms with van der Waals surface area (Å²) < 4.78 is 50.5. The number of hydrogen-bond donors (Lipinski definition) is 7. The maximum absolute atomic E-state index is 13.8. The third-order valence-corrected chi connectivity index (χ3v) is 10.00. The Balaban J connectivity index is 1.28. The lowest BCUT2D eigenvalue weighted by molar-refractivity contribution is -0.0485. The number of nitrogens with two attached hydrogens (primary N) is 1. The molecule has 2 saturated heterocycles. The van der Waals surface area contributed by atoms with E-state index in [0.717, 1.165) is 0 Å². The van der Waals surface area contributed by atoms with Crippen LogP contribution in [-0.2, 0) is 27.7 Å². The van der Waals surface area contributed by atoms with Crippen LogP contribution in [0.5, 0.6) is 0 Å². The highest BCUT2D eigenvalue weighted by atomic mass is 31.2. The molecule has 21 heteroatoms. The van der Waals surface area contributed by atoms with Gasteiger partial charge in [0.25, 0.3) is 5.56 Å². The highest BCUT2D eigenvalue weighted by molar-refractivity contribution is 7.53. The van der Waals surface area contributed by atoms with Crippen LogP contribution in [0.3, 0.4) is 0 Å². The first-order valence-electron chi connectivity index (χ1n) is 13.3. The summed E-state index contributed by atoms with van der Waals surface area (Å²) in [5, 5.41) is 32.0. The number of rotatable bonds is 10. The van der Waals surface area contributed by atoms with Crippen LogP contribution in [0, 0.1) is 0 Å². The van der Waals surface area contributed by atoms with Gasteiger partial charge >= 0.3 is 15.9 Å². The summed E-state index contributed by atoms with van der Waals surface area (Å²) in [4.78, 5) is 47.5. The minimum absolute atomic E-state index is 0.0202. The number of aromatic amines is 1. The molecule has 8 N–H and O–H groups in total. The minimum Gasteiger partial charge on any atom is -0.396 e. The first kappa shape index (κ1) is 30.9. The van der Waals surface area contributed by atoms with Crippen LogP contribution in [-0.4, -0.2) is 104 Å². The van der Waals surface area contributed by atoms with Crippen LogP contribution in [0.15, 0.2) is 42.0 Å². The second-order valence-corrected chi connectivity index (χ2v) is 13.0. The molecule has 0 amide bonds. The number of nitrogens with one attached hydrogen (secondary N) is 1. The highest BCUT2D eigenvalue weighted by Crippen LogP contribution is 2.58. The fourth-order valence-electron chi connectivity index (χ4n) is 5.66. The van der Waals surface area contributed by atoms with E-state index in [1.807, 2.05) is 0 Å². The van der Waals surface area contributed by atoms with Gasteiger partial charge in [-0.25, -0.2) is 15.0 Å². The molecule has 0 aromatic carbocycles. The maximum atomic E-state index is 13.8. The van der Waals surface area contributed by atoms with Gasteiger partial charge in [-0.2, -0.15) is 0 Å². The van der Waals surface area contributed by atoms with E-state index in [1.165, 1.54) is 40.2 Å². The first-order chi connectivity index (χ1) is 21.0. The predicted octanol–water partition coefficient (Wildman–Crippen LogP) is -1.01. The minimum atomic E-state index is -4.89. The lowest BCUT2D eigenvalue weighted by Crippen LogP contribution is -2.36. The van der Waals surface area contributed by atoms with Gasteiger partial charge in [0.15, 0.2) is 18.0 Å². The Morgan fingerprint density at radius 3 is 2.64 bits per heavy atom. The monoisotopic (exact) mass is 657 g/mol. The zero-order chi connectivity index (χ0) is 31.3. The zero-order valence-corrected chi connectivity index (χ0v) is 24.5. The van der Waals surface area contributed by atoms with Crippen molar-refractivity contribution in [3.05, 3.63) is 47.5 Å². The second kappa shape index (κ2) is 12.0. The van der Waals surface area contributed by atoms with Gasteiger partial charge in [-0.15, -0.1) is 0 Å². The lowest BCUT2D eigenvalue weighted by Gasteiger charge is -2.27. The number of aliphatic hydroxyl groups excluding tert-OH is 3. The van der Waals surface area contributed by atoms with Gasteiger partial charge in [0.1, 0.15) is 41.8 Å². The number of nitrogen functional groups attached to an aromatic ring is 1. The Kier molecular flexibility index (Phi) is 8.46. The average Bonchev–Trinajstić information content (AvgIpc) is 3.74. The molecular formula is C23H29N7O12P2. The summed E-state index contributed by atoms with van der Waals surface area (Å²) in [6, 6.07) is 3.07. The summed E-state index contributed by atoms with van der Waals surface area (Å²) in [5.74, 6) is 0.164. The number of anilines is 1. The number of pyridine rings is 1. The molecule has 238 valence electrons. The van der Waals surface area contributed by atoms with Crippen molar-refractivity contribution in [3.63, 3.8) is 0 Å². The van der Waals surface area contributed by atoms with Crippen LogP contribution in [0.2, 0.25) is 0 Å². The van der Waals surface area contributed by atoms with Crippen molar-refractivity contribution < 1.29 is 52.8 Å². The number of fused-ring (bicyclic) bond motifs is 2. The number of nitrogens with zero attached hydrogens (tertiary/aromatic N) is 5. The van der Waals surface area contributed by atoms with Gasteiger partial charge < -0.3 is 63.5 Å². The number of aromatic nitrogens is 6. The standard InChI is InChI=1S/C23H29N7O12P2/c24-19-10-2-5-29(20(10)27-8-26-19)22-16(33)17(42-43(35)36)13(41-22)7-39-44(37,38)18-15(32)12(3-6-31)40-23(18)30-9-28-14-11(30)1-4-25-21(14)34/h1-2,4-5,8-9,12-13,15-18,22-23,31-33,43H,3,6-7H2,(H,25,34)(H,35,36)(H,37,38)(H2,24,26,27)/t12-,13-,15-,16-,17-,18-,22-,23-/m1/s1. The Bertz CT molecular complexity index is 1800. The van der Waals surface area contributed by atoms with Gasteiger partial charge in [0.05, 0.1) is 36.0 Å². The second-order valence-electron chi connectivity index (χ2n) is 10.2. The van der Waals surface area contributed by atoms with Crippen molar-refractivity contribution in [2.45, 2.75) is 55.1 Å². The van der Waals surface area contributed by atoms with E-state index in [2.05, 4.69) is 19.9 Å². The number of aliphatic hydroxyl groups is 3. The van der Waals surface area contributed by atoms with Crippen LogP contribution >= 0.6 is 15.9 Å². The Morgan fingerprint density at radius 1 is 1.11 bits per heavy atom. The van der Waals surface area contributed by atoms with Gasteiger partial charge in [-0.3, -0.25) is 13.9 Å². The SMILES string of the molecule is Nc1ncnc2c1ccn2[C@@H]1O[C@H](COP(=O)(O)[C@@H]2[C@H](O)[C@@H](CCO)O[C@H]2n2cnc3c(=O)[nH]ccc32)[C@@H](O[PH](=O)O)[C@H]1O. The van der Waals surface area contributed by atoms with E-state index in [0.29, 0.717) is 5.39 Å². The summed E-state index contributed by atoms with van der Waals surface area (Å²) in [6.07, 6.45) is -4.50. The molecule has 2 fully saturated rings. The Hall–Kier alpha value is -3.06. The molecule has 6 heterocycles. The molecule has 4 aromatic rings. The molecule has 2 aliphatic heterocycles. The topological polar surface area (TPSA) is 280 Å². The Morgan fingerprint density at radius 2 is 1.89 bits per heavy atom. The van der Waals surface area contributed by atoms with E-state index in [4.69, 9.17) is 24.3 Å². The van der Waals surface area contributed by atoms with Crippen molar-refractivity contribution in [3.8, 4) is 0 Å². The number of hydrogen-bond acceptors (Lipinski definition) is 14. The Labute approximate surface area is 247 Å². The van der Waals surface area contributed by atoms with E-state index in [9.17, 15) is 39.0 Å². The largest absolute Gasteiger partial charge is 0.396 e. The molecule has 2 aliphatic rings. The predicted molar refractivity (Wildman–Crippen MR) is 149 cm³/mol. The van der Waals surface area contributed by atoms with E-state index in [-0.39, 0.29) is 28.9 Å². The van der Waals surface area contributed by atoms with Gasteiger partial charge in [-0.1, -0.05) is 0 Å². The molecule has 10 atom stereocenters. The lowest BCUT2D eigenvalue weighted by atomic mass is 10.1. The van der Waals surface area contributed by atoms with Gasteiger partial charge in [-0.05, 0) is 18.6 Å². The summed E-state index contributed by atoms with van der Waals surface area (Å²) in [7, 11) is -8.52. The highest BCUT2D eigenvalue weighted by Gasteiger charge is 2.56.